The summed E-state index contributed by atoms with van der Waals surface area (Å²) < 4.78 is 25.9. The third-order valence-electron chi connectivity index (χ3n) is 3.31. The second-order valence-corrected chi connectivity index (χ2v) is 6.91. The normalized spacial score (nSPS) is 17.1. The second kappa shape index (κ2) is 5.82. The third kappa shape index (κ3) is 3.40. The van der Waals surface area contributed by atoms with Gasteiger partial charge in [0.2, 0.25) is 10.0 Å². The van der Waals surface area contributed by atoms with Crippen LogP contribution in [0.4, 0.5) is 0 Å². The molecular weight excluding hydrogens is 296 g/mol. The first kappa shape index (κ1) is 15.5. The fraction of sp³-hybridized carbons (Fsp3) is 0.385. The highest BCUT2D eigenvalue weighted by atomic mass is 32.2. The number of carboxylic acids is 1. The van der Waals surface area contributed by atoms with Gasteiger partial charge in [-0.05, 0) is 19.1 Å². The molecule has 0 spiro atoms. The summed E-state index contributed by atoms with van der Waals surface area (Å²) in [6, 6.07) is 7.39. The van der Waals surface area contributed by atoms with E-state index in [1.54, 1.807) is 30.3 Å². The predicted octanol–water partition coefficient (Wildman–Crippen LogP) is -0.0965. The van der Waals surface area contributed by atoms with Crippen LogP contribution in [0.25, 0.3) is 0 Å². The molecule has 1 fully saturated rings. The molecule has 0 aliphatic carbocycles. The molecule has 1 amide bonds. The van der Waals surface area contributed by atoms with Crippen LogP contribution in [0, 0.1) is 0 Å². The fourth-order valence-corrected chi connectivity index (χ4v) is 3.50. The summed E-state index contributed by atoms with van der Waals surface area (Å²) in [5.74, 6) is -1.47. The van der Waals surface area contributed by atoms with Gasteiger partial charge in [-0.15, -0.1) is 0 Å². The molecular formula is C13H16N2O5S. The highest BCUT2D eigenvalue weighted by Gasteiger charge is 2.40. The van der Waals surface area contributed by atoms with E-state index in [9.17, 15) is 18.0 Å². The first-order chi connectivity index (χ1) is 9.81. The summed E-state index contributed by atoms with van der Waals surface area (Å²) in [4.78, 5) is 24.1. The molecule has 0 bridgehead atoms. The summed E-state index contributed by atoms with van der Waals surface area (Å²) >= 11 is 0. The second-order valence-electron chi connectivity index (χ2n) is 4.92. The van der Waals surface area contributed by atoms with E-state index < -0.39 is 27.3 Å². The Bertz CT molecular complexity index is 638. The monoisotopic (exact) mass is 312 g/mol. The van der Waals surface area contributed by atoms with Gasteiger partial charge < -0.3 is 10.0 Å². The summed E-state index contributed by atoms with van der Waals surface area (Å²) in [5, 5.41) is 7.94. The maximum Gasteiger partial charge on any atom is 0.321 e. The minimum Gasteiger partial charge on any atom is -0.480 e. The van der Waals surface area contributed by atoms with E-state index >= 15 is 0 Å². The van der Waals surface area contributed by atoms with Crippen molar-refractivity contribution in [2.75, 3.05) is 13.1 Å². The van der Waals surface area contributed by atoms with Crippen LogP contribution >= 0.6 is 0 Å². The number of sulfonamides is 1. The molecule has 1 atom stereocenters. The van der Waals surface area contributed by atoms with Gasteiger partial charge in [0, 0.05) is 18.7 Å². The van der Waals surface area contributed by atoms with Crippen molar-refractivity contribution in [1.82, 2.24) is 9.62 Å². The fourth-order valence-electron chi connectivity index (χ4n) is 1.96. The van der Waals surface area contributed by atoms with Crippen LogP contribution in [0.15, 0.2) is 30.3 Å². The molecule has 7 nitrogen and oxygen atoms in total. The van der Waals surface area contributed by atoms with Gasteiger partial charge in [-0.3, -0.25) is 9.59 Å². The first-order valence-electron chi connectivity index (χ1n) is 6.39. The molecule has 1 unspecified atom stereocenters. The Balaban J connectivity index is 1.94. The lowest BCUT2D eigenvalue weighted by Gasteiger charge is -2.38. The Kier molecular flexibility index (Phi) is 4.29. The van der Waals surface area contributed by atoms with Crippen molar-refractivity contribution >= 4 is 21.9 Å². The predicted molar refractivity (Wildman–Crippen MR) is 75.3 cm³/mol. The lowest BCUT2D eigenvalue weighted by atomic mass is 10.1. The van der Waals surface area contributed by atoms with Crippen molar-refractivity contribution in [3.63, 3.8) is 0 Å². The largest absolute Gasteiger partial charge is 0.480 e. The molecule has 2 N–H and O–H groups in total. The molecule has 1 aliphatic heterocycles. The molecule has 2 rings (SSSR count). The Morgan fingerprint density at radius 3 is 2.38 bits per heavy atom. The number of rotatable bonds is 5. The van der Waals surface area contributed by atoms with Crippen LogP contribution in [0.5, 0.6) is 0 Å². The number of hydrogen-bond acceptors (Lipinski definition) is 4. The Morgan fingerprint density at radius 2 is 1.86 bits per heavy atom. The van der Waals surface area contributed by atoms with Crippen LogP contribution in [-0.2, 0) is 14.8 Å². The third-order valence-corrected chi connectivity index (χ3v) is 5.16. The van der Waals surface area contributed by atoms with Gasteiger partial charge in [0.25, 0.3) is 5.91 Å². The van der Waals surface area contributed by atoms with E-state index in [0.717, 1.165) is 0 Å². The molecule has 0 aromatic heterocycles. The van der Waals surface area contributed by atoms with Crippen LogP contribution in [0.1, 0.15) is 17.3 Å². The number of hydrogen-bond donors (Lipinski definition) is 2. The molecule has 114 valence electrons. The lowest BCUT2D eigenvalue weighted by molar-refractivity contribution is -0.138. The Labute approximate surface area is 122 Å². The van der Waals surface area contributed by atoms with E-state index in [4.69, 9.17) is 5.11 Å². The van der Waals surface area contributed by atoms with Crippen molar-refractivity contribution in [2.45, 2.75) is 18.2 Å². The molecule has 1 aromatic carbocycles. The number of nitrogens with one attached hydrogen (secondary N) is 1. The van der Waals surface area contributed by atoms with Gasteiger partial charge >= 0.3 is 5.97 Å². The van der Waals surface area contributed by atoms with Gasteiger partial charge in [0.15, 0.2) is 0 Å². The first-order valence-corrected chi connectivity index (χ1v) is 7.94. The maximum absolute atomic E-state index is 12.0. The van der Waals surface area contributed by atoms with E-state index in [1.165, 1.54) is 11.8 Å². The van der Waals surface area contributed by atoms with Gasteiger partial charge in [-0.2, -0.15) is 0 Å². The van der Waals surface area contributed by atoms with Gasteiger partial charge in [-0.25, -0.2) is 13.1 Å². The van der Waals surface area contributed by atoms with Crippen molar-refractivity contribution in [3.05, 3.63) is 35.9 Å². The number of benzene rings is 1. The highest BCUT2D eigenvalue weighted by molar-refractivity contribution is 7.90. The number of carboxylic acid groups (broad SMARTS) is 1. The zero-order valence-electron chi connectivity index (χ0n) is 11.4. The Hall–Kier alpha value is -1.93. The molecule has 8 heteroatoms. The summed E-state index contributed by atoms with van der Waals surface area (Å²) in [6.45, 7) is 1.39. The number of carbonyl (C=O) groups excluding carboxylic acids is 1. The van der Waals surface area contributed by atoms with E-state index in [1.807, 2.05) is 0 Å². The lowest BCUT2D eigenvalue weighted by Crippen LogP contribution is -2.60. The smallest absolute Gasteiger partial charge is 0.321 e. The number of aliphatic carboxylic acids is 1. The Morgan fingerprint density at radius 1 is 1.29 bits per heavy atom. The zero-order valence-corrected chi connectivity index (χ0v) is 12.2. The van der Waals surface area contributed by atoms with Crippen LogP contribution < -0.4 is 4.72 Å². The van der Waals surface area contributed by atoms with E-state index in [2.05, 4.69) is 4.72 Å². The van der Waals surface area contributed by atoms with Gasteiger partial charge in [-0.1, -0.05) is 18.2 Å². The minimum atomic E-state index is -3.74. The van der Waals surface area contributed by atoms with Crippen molar-refractivity contribution in [1.29, 1.82) is 0 Å². The highest BCUT2D eigenvalue weighted by Crippen LogP contribution is 2.18. The molecule has 1 aliphatic rings. The van der Waals surface area contributed by atoms with E-state index in [-0.39, 0.29) is 19.0 Å². The van der Waals surface area contributed by atoms with Crippen LogP contribution in [0.3, 0.4) is 0 Å². The minimum absolute atomic E-state index is 0.0649. The standard InChI is InChI=1S/C13H16N2O5S/c1-9(13(17)18)14-21(19,20)11-7-15(8-11)12(16)10-5-3-2-4-6-10/h2-6,9,11,14H,7-8H2,1H3,(H,17,18). The van der Waals surface area contributed by atoms with Gasteiger partial charge in [0.1, 0.15) is 11.3 Å². The van der Waals surface area contributed by atoms with Crippen molar-refractivity contribution in [2.24, 2.45) is 0 Å². The summed E-state index contributed by atoms with van der Waals surface area (Å²) in [7, 11) is -3.74. The van der Waals surface area contributed by atoms with Crippen molar-refractivity contribution < 1.29 is 23.1 Å². The molecule has 1 heterocycles. The average Bonchev–Trinajstić information content (AvgIpc) is 2.36. The molecule has 1 saturated heterocycles. The van der Waals surface area contributed by atoms with E-state index in [0.29, 0.717) is 5.56 Å². The molecule has 0 saturated carbocycles. The summed E-state index contributed by atoms with van der Waals surface area (Å²) in [5.41, 5.74) is 0.500. The molecule has 21 heavy (non-hydrogen) atoms. The maximum atomic E-state index is 12.0. The number of carbonyl (C=O) groups is 2. The topological polar surface area (TPSA) is 104 Å². The molecule has 0 radical (unpaired) electrons. The number of amides is 1. The number of nitrogens with zero attached hydrogens (tertiary/aromatic N) is 1. The average molecular weight is 312 g/mol. The van der Waals surface area contributed by atoms with Crippen LogP contribution in [0.2, 0.25) is 0 Å². The summed E-state index contributed by atoms with van der Waals surface area (Å²) in [6.07, 6.45) is 0. The van der Waals surface area contributed by atoms with Crippen LogP contribution in [-0.4, -0.2) is 54.7 Å². The quantitative estimate of drug-likeness (QED) is 0.790. The van der Waals surface area contributed by atoms with Crippen molar-refractivity contribution in [3.8, 4) is 0 Å². The zero-order chi connectivity index (χ0) is 15.6. The van der Waals surface area contributed by atoms with Gasteiger partial charge in [0.05, 0.1) is 0 Å². The molecule has 1 aromatic rings. The number of likely N-dealkylation sites (tertiary alicyclic amines) is 1. The SMILES string of the molecule is CC(NS(=O)(=O)C1CN(C(=O)c2ccccc2)C1)C(=O)O.